The maximum absolute atomic E-state index is 15.1. The van der Waals surface area contributed by atoms with Crippen molar-refractivity contribution in [2.24, 2.45) is 0 Å². The molecule has 4 aromatic rings. The van der Waals surface area contributed by atoms with Gasteiger partial charge in [-0.1, -0.05) is 18.5 Å². The summed E-state index contributed by atoms with van der Waals surface area (Å²) in [5.74, 6) is -2.29. The summed E-state index contributed by atoms with van der Waals surface area (Å²) in [7, 11) is 1.35. The Bertz CT molecular complexity index is 1490. The van der Waals surface area contributed by atoms with Gasteiger partial charge in [-0.15, -0.1) is 0 Å². The SMILES string of the molecule is CCc1cnn(-c2c(F)cc(Cl)cc2-c2cnc(C(C)NC(=O)NNC(=O)c3cc(OC)no3)c(F)c2)c1. The summed E-state index contributed by atoms with van der Waals surface area (Å²) in [4.78, 5) is 28.3. The Labute approximate surface area is 220 Å². The standard InChI is InChI=1S/C24H22ClF2N7O4/c1-4-13-9-29-34(11-13)22-16(6-15(25)7-18(22)27)14-5-17(26)21(28-10-14)12(2)30-24(36)32-31-23(35)19-8-20(37-3)33-38-19/h5-12H,4H2,1-3H3,(H,31,35)(H2,30,32,36). The van der Waals surface area contributed by atoms with Gasteiger partial charge < -0.3 is 14.6 Å². The first-order chi connectivity index (χ1) is 18.2. The summed E-state index contributed by atoms with van der Waals surface area (Å²) in [5.41, 5.74) is 5.65. The first kappa shape index (κ1) is 26.5. The molecular formula is C24H22ClF2N7O4. The number of halogens is 3. The monoisotopic (exact) mass is 545 g/mol. The molecule has 0 radical (unpaired) electrons. The Morgan fingerprint density at radius 2 is 1.95 bits per heavy atom. The van der Waals surface area contributed by atoms with E-state index in [9.17, 15) is 14.0 Å². The number of hydrazine groups is 1. The minimum absolute atomic E-state index is 0.0844. The van der Waals surface area contributed by atoms with Crippen LogP contribution in [0.1, 0.15) is 41.7 Å². The van der Waals surface area contributed by atoms with Crippen molar-refractivity contribution < 1.29 is 27.6 Å². The number of nitrogens with zero attached hydrogens (tertiary/aromatic N) is 4. The summed E-state index contributed by atoms with van der Waals surface area (Å²) in [6.45, 7) is 3.43. The van der Waals surface area contributed by atoms with Crippen LogP contribution in [0, 0.1) is 11.6 Å². The number of aryl methyl sites for hydroxylation is 1. The maximum Gasteiger partial charge on any atom is 0.334 e. The topological polar surface area (TPSA) is 136 Å². The second-order valence-electron chi connectivity index (χ2n) is 8.03. The number of hydrogen-bond acceptors (Lipinski definition) is 7. The molecule has 1 atom stereocenters. The fourth-order valence-corrected chi connectivity index (χ4v) is 3.74. The molecular weight excluding hydrogens is 524 g/mol. The summed E-state index contributed by atoms with van der Waals surface area (Å²) in [6, 6.07) is 3.29. The van der Waals surface area contributed by atoms with Crippen LogP contribution < -0.4 is 20.9 Å². The number of pyridine rings is 1. The third kappa shape index (κ3) is 5.72. The van der Waals surface area contributed by atoms with Crippen molar-refractivity contribution in [2.45, 2.75) is 26.3 Å². The minimum atomic E-state index is -0.903. The number of ether oxygens (including phenoxy) is 1. The highest BCUT2D eigenvalue weighted by atomic mass is 35.5. The number of hydrogen-bond donors (Lipinski definition) is 3. The second kappa shape index (κ2) is 11.3. The predicted molar refractivity (Wildman–Crippen MR) is 132 cm³/mol. The van der Waals surface area contributed by atoms with Crippen LogP contribution in [0.15, 0.2) is 47.4 Å². The largest absolute Gasteiger partial charge is 0.479 e. The van der Waals surface area contributed by atoms with E-state index in [1.807, 2.05) is 6.92 Å². The first-order valence-corrected chi connectivity index (χ1v) is 11.6. The van der Waals surface area contributed by atoms with Crippen LogP contribution in [-0.4, -0.2) is 39.0 Å². The van der Waals surface area contributed by atoms with Gasteiger partial charge in [-0.05, 0) is 42.3 Å². The molecule has 14 heteroatoms. The zero-order valence-electron chi connectivity index (χ0n) is 20.4. The quantitative estimate of drug-likeness (QED) is 0.297. The van der Waals surface area contributed by atoms with Gasteiger partial charge in [0, 0.05) is 28.5 Å². The van der Waals surface area contributed by atoms with Crippen molar-refractivity contribution in [1.29, 1.82) is 0 Å². The molecule has 3 N–H and O–H groups in total. The molecule has 0 saturated heterocycles. The highest BCUT2D eigenvalue weighted by Crippen LogP contribution is 2.33. The maximum atomic E-state index is 15.1. The summed E-state index contributed by atoms with van der Waals surface area (Å²) >= 11 is 6.09. The van der Waals surface area contributed by atoms with Crippen LogP contribution in [0.25, 0.3) is 16.8 Å². The van der Waals surface area contributed by atoms with Crippen LogP contribution in [0.3, 0.4) is 0 Å². The van der Waals surface area contributed by atoms with Crippen molar-refractivity contribution in [1.82, 2.24) is 36.1 Å². The van der Waals surface area contributed by atoms with Crippen LogP contribution in [0.4, 0.5) is 13.6 Å². The Kier molecular flexibility index (Phi) is 7.86. The zero-order chi connectivity index (χ0) is 27.4. The predicted octanol–water partition coefficient (Wildman–Crippen LogP) is 4.13. The Morgan fingerprint density at radius 3 is 2.61 bits per heavy atom. The molecule has 0 aliphatic heterocycles. The summed E-state index contributed by atoms with van der Waals surface area (Å²) in [6.07, 6.45) is 5.33. The van der Waals surface area contributed by atoms with Crippen molar-refractivity contribution >= 4 is 23.5 Å². The van der Waals surface area contributed by atoms with Gasteiger partial charge in [-0.25, -0.2) is 23.7 Å². The molecule has 198 valence electrons. The third-order valence-electron chi connectivity index (χ3n) is 5.45. The lowest BCUT2D eigenvalue weighted by atomic mass is 10.0. The number of nitrogens with one attached hydrogen (secondary N) is 3. The molecule has 0 aliphatic carbocycles. The lowest BCUT2D eigenvalue weighted by Gasteiger charge is -2.16. The van der Waals surface area contributed by atoms with Crippen molar-refractivity contribution in [2.75, 3.05) is 7.11 Å². The van der Waals surface area contributed by atoms with E-state index < -0.39 is 29.6 Å². The molecule has 3 aromatic heterocycles. The minimum Gasteiger partial charge on any atom is -0.479 e. The van der Waals surface area contributed by atoms with Crippen molar-refractivity contribution in [3.8, 4) is 22.7 Å². The van der Waals surface area contributed by atoms with E-state index in [1.165, 1.54) is 37.0 Å². The van der Waals surface area contributed by atoms with Gasteiger partial charge in [0.25, 0.3) is 5.88 Å². The Balaban J connectivity index is 1.49. The molecule has 11 nitrogen and oxygen atoms in total. The van der Waals surface area contributed by atoms with Gasteiger partial charge in [0.15, 0.2) is 5.82 Å². The average molecular weight is 546 g/mol. The number of aromatic nitrogens is 4. The van der Waals surface area contributed by atoms with E-state index in [2.05, 4.69) is 31.4 Å². The molecule has 0 aliphatic rings. The van der Waals surface area contributed by atoms with Crippen LogP contribution in [0.5, 0.6) is 5.88 Å². The summed E-state index contributed by atoms with van der Waals surface area (Å²) < 4.78 is 41.0. The Hall–Kier alpha value is -4.52. The normalized spacial score (nSPS) is 11.6. The number of urea groups is 1. The molecule has 0 spiro atoms. The fraction of sp³-hybridized carbons (Fsp3) is 0.208. The number of amides is 3. The van der Waals surface area contributed by atoms with Gasteiger partial charge in [-0.2, -0.15) is 5.10 Å². The molecule has 0 saturated carbocycles. The molecule has 0 bridgehead atoms. The van der Waals surface area contributed by atoms with E-state index in [1.54, 1.807) is 12.4 Å². The highest BCUT2D eigenvalue weighted by Gasteiger charge is 2.21. The number of carbonyl (C=O) groups is 2. The second-order valence-corrected chi connectivity index (χ2v) is 8.47. The van der Waals surface area contributed by atoms with Gasteiger partial charge in [-0.3, -0.25) is 15.2 Å². The number of carbonyl (C=O) groups excluding carboxylic acids is 2. The van der Waals surface area contributed by atoms with E-state index in [4.69, 9.17) is 20.9 Å². The molecule has 1 aromatic carbocycles. The molecule has 1 unspecified atom stereocenters. The van der Waals surface area contributed by atoms with Crippen LogP contribution in [0.2, 0.25) is 5.02 Å². The van der Waals surface area contributed by atoms with Crippen LogP contribution in [-0.2, 0) is 6.42 Å². The zero-order valence-corrected chi connectivity index (χ0v) is 21.1. The lowest BCUT2D eigenvalue weighted by molar-refractivity contribution is 0.0898. The number of rotatable bonds is 7. The van der Waals surface area contributed by atoms with Gasteiger partial charge in [0.05, 0.1) is 31.1 Å². The fourth-order valence-electron chi connectivity index (χ4n) is 3.54. The van der Waals surface area contributed by atoms with Crippen molar-refractivity contribution in [3.05, 3.63) is 76.5 Å². The molecule has 3 heterocycles. The highest BCUT2D eigenvalue weighted by molar-refractivity contribution is 6.31. The van der Waals surface area contributed by atoms with E-state index >= 15 is 4.39 Å². The van der Waals surface area contributed by atoms with Gasteiger partial charge in [0.1, 0.15) is 11.5 Å². The Morgan fingerprint density at radius 1 is 1.16 bits per heavy atom. The molecule has 4 rings (SSSR count). The smallest absolute Gasteiger partial charge is 0.334 e. The lowest BCUT2D eigenvalue weighted by Crippen LogP contribution is -2.47. The van der Waals surface area contributed by atoms with Crippen molar-refractivity contribution in [3.63, 3.8) is 0 Å². The number of benzene rings is 1. The molecule has 38 heavy (non-hydrogen) atoms. The van der Waals surface area contributed by atoms with Gasteiger partial charge >= 0.3 is 11.9 Å². The third-order valence-corrected chi connectivity index (χ3v) is 5.67. The van der Waals surface area contributed by atoms with Crippen LogP contribution >= 0.6 is 11.6 Å². The van der Waals surface area contributed by atoms with E-state index in [0.717, 1.165) is 17.7 Å². The molecule has 3 amide bonds. The summed E-state index contributed by atoms with van der Waals surface area (Å²) in [5, 5.41) is 10.3. The van der Waals surface area contributed by atoms with Gasteiger partial charge in [0.2, 0.25) is 5.76 Å². The average Bonchev–Trinajstić information content (AvgIpc) is 3.56. The van der Waals surface area contributed by atoms with E-state index in [0.29, 0.717) is 6.42 Å². The number of methoxy groups -OCH3 is 1. The van der Waals surface area contributed by atoms with E-state index in [-0.39, 0.29) is 39.2 Å². The molecule has 0 fully saturated rings. The first-order valence-electron chi connectivity index (χ1n) is 11.3.